The number of hydrogen-bond donors (Lipinski definition) is 0. The third-order valence-electron chi connectivity index (χ3n) is 4.14. The molecule has 0 atom stereocenters. The maximum absolute atomic E-state index is 12.9. The Morgan fingerprint density at radius 2 is 1.30 bits per heavy atom. The number of rotatable bonds is 0. The van der Waals surface area contributed by atoms with Crippen molar-refractivity contribution in [3.63, 3.8) is 0 Å². The van der Waals surface area contributed by atoms with Crippen molar-refractivity contribution in [2.75, 3.05) is 6.26 Å². The quantitative estimate of drug-likeness (QED) is 0.175. The van der Waals surface area contributed by atoms with Gasteiger partial charge in [-0.2, -0.15) is 0 Å². The van der Waals surface area contributed by atoms with Crippen LogP contribution in [0.25, 0.3) is 38.2 Å². The van der Waals surface area contributed by atoms with Gasteiger partial charge in [0.25, 0.3) is 5.56 Å². The minimum atomic E-state index is -3.92. The molecule has 6 nitrogen and oxygen atoms in total. The molecule has 2 aromatic heterocycles. The number of pyridine rings is 1. The van der Waals surface area contributed by atoms with E-state index in [2.05, 4.69) is 4.98 Å². The first-order chi connectivity index (χ1) is 14.3. The van der Waals surface area contributed by atoms with Gasteiger partial charge >= 0.3 is 0 Å². The zero-order chi connectivity index (χ0) is 22.5. The van der Waals surface area contributed by atoms with E-state index in [0.29, 0.717) is 6.26 Å². The molecule has 0 N–H and O–H groups in total. The van der Waals surface area contributed by atoms with Gasteiger partial charge in [0.2, 0.25) is 0 Å². The summed E-state index contributed by atoms with van der Waals surface area (Å²) in [5.74, 6) is 0. The average Bonchev–Trinajstić information content (AvgIpc) is 3.14. The maximum atomic E-state index is 12.9. The average molecular weight is 618 g/mol. The number of imidazole rings is 1. The van der Waals surface area contributed by atoms with Crippen molar-refractivity contribution >= 4 is 48.3 Å². The Hall–Kier alpha value is -0.822. The molecule has 0 saturated heterocycles. The Morgan fingerprint density at radius 1 is 0.818 bits per heavy atom. The Bertz CT molecular complexity index is 1440. The Labute approximate surface area is 246 Å². The fraction of sp³-hybridized carbons (Fsp3) is 0.208. The molecule has 0 aliphatic heterocycles. The zero-order valence-electron chi connectivity index (χ0n) is 19.9. The Kier molecular flexibility index (Phi) is 15.9. The van der Waals surface area contributed by atoms with Crippen LogP contribution in [0.15, 0.2) is 65.5 Å². The van der Waals surface area contributed by atoms with Gasteiger partial charge in [-0.1, -0.05) is 70.2 Å². The molecule has 0 aliphatic rings. The van der Waals surface area contributed by atoms with Crippen molar-refractivity contribution in [3.8, 4) is 0 Å². The fourth-order valence-electron chi connectivity index (χ4n) is 3.24. The molecule has 2 radical (unpaired) electrons. The number of fused-ring (bicyclic) bond motifs is 4. The zero-order valence-corrected chi connectivity index (χ0v) is 26.4. The first kappa shape index (κ1) is 34.3. The summed E-state index contributed by atoms with van der Waals surface area (Å²) < 4.78 is 29.0. The smallest absolute Gasteiger partial charge is 0.264 e. The Morgan fingerprint density at radius 3 is 1.85 bits per heavy atom. The van der Waals surface area contributed by atoms with Crippen LogP contribution in [0.1, 0.15) is 27.7 Å². The monoisotopic (exact) mass is 618 g/mol. The molecule has 172 valence electrons. The van der Waals surface area contributed by atoms with Gasteiger partial charge in [0.05, 0.1) is 21.2 Å². The summed E-state index contributed by atoms with van der Waals surface area (Å²) in [6, 6.07) is 19.7. The van der Waals surface area contributed by atoms with E-state index in [-0.39, 0.29) is 78.4 Å². The molecule has 9 heteroatoms. The third-order valence-corrected chi connectivity index (χ3v) is 4.14. The SMILES string of the molecule is CC.CC.CS(=O)(=O)[O-].O=c1c2cccc3cccc(c32)c2nc3ccccc3n12.[CH3-].[Y].[Y]. The van der Waals surface area contributed by atoms with E-state index in [1.807, 2.05) is 88.4 Å². The predicted molar refractivity (Wildman–Crippen MR) is 130 cm³/mol. The van der Waals surface area contributed by atoms with E-state index in [1.165, 1.54) is 0 Å². The van der Waals surface area contributed by atoms with Gasteiger partial charge in [-0.05, 0) is 23.6 Å². The molecule has 0 aliphatic carbocycles. The molecule has 5 rings (SSSR count). The second-order valence-corrected chi connectivity index (χ2v) is 7.39. The van der Waals surface area contributed by atoms with E-state index >= 15 is 0 Å². The van der Waals surface area contributed by atoms with Gasteiger partial charge in [-0.3, -0.25) is 9.20 Å². The second-order valence-electron chi connectivity index (χ2n) is 5.98. The summed E-state index contributed by atoms with van der Waals surface area (Å²) in [4.78, 5) is 17.6. The molecule has 0 spiro atoms. The molecule has 0 fully saturated rings. The molecule has 0 unspecified atom stereocenters. The van der Waals surface area contributed by atoms with Crippen molar-refractivity contribution in [1.82, 2.24) is 9.38 Å². The summed E-state index contributed by atoms with van der Waals surface area (Å²) in [6.45, 7) is 8.00. The molecular weight excluding hydrogens is 590 g/mol. The van der Waals surface area contributed by atoms with E-state index in [4.69, 9.17) is 13.0 Å². The number of nitrogens with zero attached hydrogens (tertiary/aromatic N) is 2. The minimum Gasteiger partial charge on any atom is -0.748 e. The Balaban J connectivity index is 0. The van der Waals surface area contributed by atoms with E-state index in [0.717, 1.165) is 38.2 Å². The van der Waals surface area contributed by atoms with Crippen molar-refractivity contribution in [1.29, 1.82) is 0 Å². The summed E-state index contributed by atoms with van der Waals surface area (Å²) >= 11 is 0. The summed E-state index contributed by atoms with van der Waals surface area (Å²) in [7, 11) is -3.92. The molecule has 5 aromatic rings. The molecular formula is C24H28N2O4SY2-2. The van der Waals surface area contributed by atoms with Crippen LogP contribution < -0.4 is 5.56 Å². The van der Waals surface area contributed by atoms with Gasteiger partial charge in [-0.15, -0.1) is 0 Å². The van der Waals surface area contributed by atoms with Crippen molar-refractivity contribution in [3.05, 3.63) is 78.4 Å². The number of hydrogen-bond acceptors (Lipinski definition) is 5. The van der Waals surface area contributed by atoms with Crippen LogP contribution in [-0.4, -0.2) is 28.6 Å². The van der Waals surface area contributed by atoms with Crippen LogP contribution in [0.2, 0.25) is 0 Å². The summed E-state index contributed by atoms with van der Waals surface area (Å²) in [5.41, 5.74) is 2.46. The van der Waals surface area contributed by atoms with Gasteiger partial charge in [-0.25, -0.2) is 13.4 Å². The molecule has 2 heterocycles. The van der Waals surface area contributed by atoms with E-state index in [1.54, 1.807) is 4.40 Å². The first-order valence-corrected chi connectivity index (χ1v) is 11.6. The second kappa shape index (κ2) is 15.2. The standard InChI is InChI=1S/C18H10N2O.2C2H6.CH4O3S.CH3.2Y/c21-18-13-8-4-6-11-5-3-7-12(16(11)13)17-19-14-9-1-2-10-15(14)20(17)18;2*1-2;1-5(2,3)4;;;/h1-10H;2*1-2H3;1H3,(H,2,3,4);1H3;;/q;;;;-1;;/p-1. The van der Waals surface area contributed by atoms with E-state index < -0.39 is 10.1 Å². The summed E-state index contributed by atoms with van der Waals surface area (Å²) in [5, 5.41) is 3.86. The normalized spacial score (nSPS) is 9.76. The molecule has 0 bridgehead atoms. The summed E-state index contributed by atoms with van der Waals surface area (Å²) in [6.07, 6.45) is 0.604. The number of aromatic nitrogens is 2. The van der Waals surface area contributed by atoms with Crippen molar-refractivity contribution < 1.29 is 78.4 Å². The molecule has 0 saturated carbocycles. The van der Waals surface area contributed by atoms with Crippen molar-refractivity contribution in [2.24, 2.45) is 0 Å². The van der Waals surface area contributed by atoms with Crippen LogP contribution in [0.5, 0.6) is 0 Å². The fourth-order valence-corrected chi connectivity index (χ4v) is 3.24. The maximum Gasteiger partial charge on any atom is 0.264 e. The molecule has 0 amide bonds. The number of benzene rings is 3. The third kappa shape index (κ3) is 7.84. The van der Waals surface area contributed by atoms with Gasteiger partial charge in [0.15, 0.2) is 0 Å². The minimum absolute atomic E-state index is 0. The van der Waals surface area contributed by atoms with Gasteiger partial charge < -0.3 is 12.0 Å². The van der Waals surface area contributed by atoms with Crippen LogP contribution >= 0.6 is 0 Å². The van der Waals surface area contributed by atoms with E-state index in [9.17, 15) is 4.79 Å². The molecule has 33 heavy (non-hydrogen) atoms. The topological polar surface area (TPSA) is 91.6 Å². The van der Waals surface area contributed by atoms with Gasteiger partial charge in [0, 0.05) is 87.8 Å². The molecule has 3 aromatic carbocycles. The predicted octanol–water partition coefficient (Wildman–Crippen LogP) is 5.25. The van der Waals surface area contributed by atoms with Crippen LogP contribution in [0.3, 0.4) is 0 Å². The van der Waals surface area contributed by atoms with Crippen molar-refractivity contribution in [2.45, 2.75) is 27.7 Å². The number of para-hydroxylation sites is 2. The van der Waals surface area contributed by atoms with Crippen LogP contribution in [0, 0.1) is 7.43 Å². The first-order valence-electron chi connectivity index (χ1n) is 9.80. The van der Waals surface area contributed by atoms with Crippen LogP contribution in [-0.2, 0) is 75.5 Å². The largest absolute Gasteiger partial charge is 0.748 e. The van der Waals surface area contributed by atoms with Crippen LogP contribution in [0.4, 0.5) is 0 Å². The van der Waals surface area contributed by atoms with Gasteiger partial charge in [0.1, 0.15) is 5.65 Å².